The molecule has 0 amide bonds. The van der Waals surface area contributed by atoms with Gasteiger partial charge < -0.3 is 5.73 Å². The second-order valence-corrected chi connectivity index (χ2v) is 3.37. The van der Waals surface area contributed by atoms with E-state index in [9.17, 15) is 4.39 Å². The molecule has 1 atom stereocenters. The molecule has 13 heavy (non-hydrogen) atoms. The van der Waals surface area contributed by atoms with E-state index >= 15 is 0 Å². The molecule has 0 bridgehead atoms. The Kier molecular flexibility index (Phi) is 4.19. The quantitative estimate of drug-likeness (QED) is 0.796. The van der Waals surface area contributed by atoms with Crippen molar-refractivity contribution in [3.05, 3.63) is 34.9 Å². The molecule has 0 saturated heterocycles. The van der Waals surface area contributed by atoms with Crippen LogP contribution in [0.25, 0.3) is 0 Å². The van der Waals surface area contributed by atoms with Crippen molar-refractivity contribution in [3.8, 4) is 0 Å². The van der Waals surface area contributed by atoms with E-state index in [-0.39, 0.29) is 6.54 Å². The van der Waals surface area contributed by atoms with Gasteiger partial charge in [-0.2, -0.15) is 0 Å². The molecule has 72 valence electrons. The molecule has 1 aromatic carbocycles. The van der Waals surface area contributed by atoms with Crippen LogP contribution in [0.5, 0.6) is 0 Å². The van der Waals surface area contributed by atoms with Gasteiger partial charge in [-0.1, -0.05) is 29.8 Å². The smallest absolute Gasteiger partial charge is 0.113 e. The molecule has 1 rings (SSSR count). The van der Waals surface area contributed by atoms with Crippen molar-refractivity contribution >= 4 is 11.6 Å². The Bertz CT molecular complexity index is 265. The maximum absolute atomic E-state index is 12.8. The van der Waals surface area contributed by atoms with Gasteiger partial charge in [-0.3, -0.25) is 0 Å². The Morgan fingerprint density at radius 1 is 1.38 bits per heavy atom. The van der Waals surface area contributed by atoms with Crippen molar-refractivity contribution in [2.24, 2.45) is 5.73 Å². The highest BCUT2D eigenvalue weighted by Crippen LogP contribution is 2.17. The number of rotatable bonds is 4. The summed E-state index contributed by atoms with van der Waals surface area (Å²) in [6.07, 6.45) is 0.175. The van der Waals surface area contributed by atoms with Crippen LogP contribution in [0.2, 0.25) is 5.02 Å². The van der Waals surface area contributed by atoms with Crippen molar-refractivity contribution in [3.63, 3.8) is 0 Å². The van der Waals surface area contributed by atoms with Gasteiger partial charge in [-0.15, -0.1) is 0 Å². The van der Waals surface area contributed by atoms with Crippen molar-refractivity contribution in [1.29, 1.82) is 0 Å². The summed E-state index contributed by atoms with van der Waals surface area (Å²) in [5.41, 5.74) is 6.15. The predicted octanol–water partition coefficient (Wildman–Crippen LogP) is 2.57. The van der Waals surface area contributed by atoms with E-state index in [1.54, 1.807) is 0 Å². The van der Waals surface area contributed by atoms with E-state index in [1.807, 2.05) is 24.3 Å². The summed E-state index contributed by atoms with van der Waals surface area (Å²) in [6.45, 7) is 0.0878. The number of alkyl halides is 1. The van der Waals surface area contributed by atoms with E-state index in [0.717, 1.165) is 5.56 Å². The molecule has 0 heterocycles. The zero-order valence-electron chi connectivity index (χ0n) is 7.34. The van der Waals surface area contributed by atoms with Crippen LogP contribution in [0.4, 0.5) is 4.39 Å². The summed E-state index contributed by atoms with van der Waals surface area (Å²) in [6, 6.07) is 7.48. The summed E-state index contributed by atoms with van der Waals surface area (Å²) >= 11 is 5.90. The van der Waals surface area contributed by atoms with Gasteiger partial charge in [0.2, 0.25) is 0 Å². The molecule has 0 aliphatic heterocycles. The van der Waals surface area contributed by atoms with E-state index in [4.69, 9.17) is 17.3 Å². The van der Waals surface area contributed by atoms with Crippen LogP contribution in [0.3, 0.4) is 0 Å². The fourth-order valence-electron chi connectivity index (χ4n) is 1.13. The minimum atomic E-state index is -0.920. The third-order valence-corrected chi connectivity index (χ3v) is 2.31. The zero-order valence-corrected chi connectivity index (χ0v) is 8.10. The first kappa shape index (κ1) is 10.5. The van der Waals surface area contributed by atoms with Gasteiger partial charge in [0.15, 0.2) is 0 Å². The van der Waals surface area contributed by atoms with Gasteiger partial charge in [0.25, 0.3) is 0 Å². The summed E-state index contributed by atoms with van der Waals surface area (Å²) < 4.78 is 12.8. The first-order valence-electron chi connectivity index (χ1n) is 4.31. The van der Waals surface area contributed by atoms with E-state index in [1.165, 1.54) is 0 Å². The standard InChI is InChI=1S/C10H13ClFN/c11-10-4-2-1-3-8(10)5-6-9(12)7-13/h1-4,9H,5-7,13H2. The number of hydrogen-bond donors (Lipinski definition) is 1. The Morgan fingerprint density at radius 3 is 2.69 bits per heavy atom. The van der Waals surface area contributed by atoms with Crippen LogP contribution < -0.4 is 5.73 Å². The van der Waals surface area contributed by atoms with Crippen molar-refractivity contribution in [1.82, 2.24) is 0 Å². The Balaban J connectivity index is 2.50. The highest BCUT2D eigenvalue weighted by molar-refractivity contribution is 6.31. The maximum atomic E-state index is 12.8. The molecule has 1 aromatic rings. The van der Waals surface area contributed by atoms with Gasteiger partial charge in [-0.05, 0) is 24.5 Å². The van der Waals surface area contributed by atoms with Crippen LogP contribution in [-0.2, 0) is 6.42 Å². The van der Waals surface area contributed by atoms with Crippen molar-refractivity contribution in [2.45, 2.75) is 19.0 Å². The van der Waals surface area contributed by atoms with Crippen LogP contribution in [0, 0.1) is 0 Å². The van der Waals surface area contributed by atoms with Crippen molar-refractivity contribution in [2.75, 3.05) is 6.54 Å². The number of benzene rings is 1. The molecule has 2 N–H and O–H groups in total. The summed E-state index contributed by atoms with van der Waals surface area (Å²) in [5, 5.41) is 0.701. The third kappa shape index (κ3) is 3.33. The van der Waals surface area contributed by atoms with Gasteiger partial charge in [0, 0.05) is 11.6 Å². The molecule has 0 radical (unpaired) electrons. The molecule has 0 aliphatic carbocycles. The molecule has 0 saturated carbocycles. The molecule has 0 aromatic heterocycles. The Hall–Kier alpha value is -0.600. The van der Waals surface area contributed by atoms with E-state index in [0.29, 0.717) is 17.9 Å². The number of nitrogens with two attached hydrogens (primary N) is 1. The topological polar surface area (TPSA) is 26.0 Å². The monoisotopic (exact) mass is 201 g/mol. The minimum Gasteiger partial charge on any atom is -0.328 e. The molecule has 0 aliphatic rings. The third-order valence-electron chi connectivity index (χ3n) is 1.94. The second-order valence-electron chi connectivity index (χ2n) is 2.96. The largest absolute Gasteiger partial charge is 0.328 e. The van der Waals surface area contributed by atoms with Gasteiger partial charge in [0.1, 0.15) is 6.17 Å². The maximum Gasteiger partial charge on any atom is 0.113 e. The molecular formula is C10H13ClFN. The number of aryl methyl sites for hydroxylation is 1. The minimum absolute atomic E-state index is 0.0878. The summed E-state index contributed by atoms with van der Waals surface area (Å²) in [7, 11) is 0. The molecular weight excluding hydrogens is 189 g/mol. The van der Waals surface area contributed by atoms with Gasteiger partial charge in [-0.25, -0.2) is 4.39 Å². The normalized spacial score (nSPS) is 12.8. The molecule has 1 nitrogen and oxygen atoms in total. The van der Waals surface area contributed by atoms with E-state index in [2.05, 4.69) is 0 Å². The van der Waals surface area contributed by atoms with Crippen LogP contribution in [-0.4, -0.2) is 12.7 Å². The fraction of sp³-hybridized carbons (Fsp3) is 0.400. The predicted molar refractivity (Wildman–Crippen MR) is 53.7 cm³/mol. The number of halogens is 2. The first-order chi connectivity index (χ1) is 6.24. The highest BCUT2D eigenvalue weighted by atomic mass is 35.5. The lowest BCUT2D eigenvalue weighted by Gasteiger charge is -2.06. The lowest BCUT2D eigenvalue weighted by Crippen LogP contribution is -2.15. The Labute approximate surface area is 82.7 Å². The summed E-state index contributed by atoms with van der Waals surface area (Å²) in [5.74, 6) is 0. The lowest BCUT2D eigenvalue weighted by atomic mass is 10.1. The van der Waals surface area contributed by atoms with Crippen molar-refractivity contribution < 1.29 is 4.39 Å². The number of hydrogen-bond acceptors (Lipinski definition) is 1. The van der Waals surface area contributed by atoms with Gasteiger partial charge >= 0.3 is 0 Å². The average Bonchev–Trinajstić information content (AvgIpc) is 2.16. The SMILES string of the molecule is NCC(F)CCc1ccccc1Cl. The highest BCUT2D eigenvalue weighted by Gasteiger charge is 2.05. The molecule has 0 spiro atoms. The lowest BCUT2D eigenvalue weighted by molar-refractivity contribution is 0.323. The van der Waals surface area contributed by atoms with Crippen LogP contribution in [0.1, 0.15) is 12.0 Å². The van der Waals surface area contributed by atoms with E-state index < -0.39 is 6.17 Å². The van der Waals surface area contributed by atoms with Crippen LogP contribution >= 0.6 is 11.6 Å². The second kappa shape index (κ2) is 5.20. The molecule has 0 fully saturated rings. The molecule has 3 heteroatoms. The van der Waals surface area contributed by atoms with Crippen LogP contribution in [0.15, 0.2) is 24.3 Å². The summed E-state index contributed by atoms with van der Waals surface area (Å²) in [4.78, 5) is 0. The Morgan fingerprint density at radius 2 is 2.08 bits per heavy atom. The zero-order chi connectivity index (χ0) is 9.68. The fourth-order valence-corrected chi connectivity index (χ4v) is 1.36. The molecule has 1 unspecified atom stereocenters. The van der Waals surface area contributed by atoms with Gasteiger partial charge in [0.05, 0.1) is 0 Å². The first-order valence-corrected chi connectivity index (χ1v) is 4.69. The average molecular weight is 202 g/mol.